The highest BCUT2D eigenvalue weighted by molar-refractivity contribution is 5.65. The van der Waals surface area contributed by atoms with E-state index in [1.165, 1.54) is 12.2 Å². The van der Waals surface area contributed by atoms with Crippen molar-refractivity contribution in [2.24, 2.45) is 0 Å². The zero-order chi connectivity index (χ0) is 6.41. The van der Waals surface area contributed by atoms with Crippen LogP contribution in [0.25, 0.3) is 0 Å². The van der Waals surface area contributed by atoms with Gasteiger partial charge in [-0.1, -0.05) is 18.2 Å². The maximum absolute atomic E-state index is 9.86. The van der Waals surface area contributed by atoms with Crippen LogP contribution in [-0.4, -0.2) is 6.26 Å². The summed E-state index contributed by atoms with van der Waals surface area (Å²) in [5, 5.41) is 0. The van der Waals surface area contributed by atoms with Gasteiger partial charge in [-0.15, -0.1) is 0 Å². The molecule has 0 aromatic carbocycles. The molecule has 1 nitrogen and oxygen atoms in total. The first-order valence-corrected chi connectivity index (χ1v) is 2.07. The van der Waals surface area contributed by atoms with Gasteiger partial charge in [0.25, 0.3) is 0 Å². The van der Waals surface area contributed by atoms with Gasteiger partial charge in [-0.3, -0.25) is 4.79 Å². The van der Waals surface area contributed by atoms with Gasteiger partial charge in [0.05, 0.1) is 0 Å². The molecule has 0 bridgehead atoms. The van der Waals surface area contributed by atoms with Crippen molar-refractivity contribution in [2.45, 2.75) is 6.92 Å². The van der Waals surface area contributed by atoms with Crippen LogP contribution in [0.2, 0.25) is 0 Å². The monoisotopic (exact) mass is 98.1 g/mol. The van der Waals surface area contributed by atoms with Gasteiger partial charge in [-0.05, 0) is 13.0 Å². The van der Waals surface area contributed by atoms with Crippen LogP contribution < -0.4 is 0 Å². The molecule has 0 aromatic heterocycles. The normalized spacial score (nSPS) is 13.0. The summed E-state index contributed by atoms with van der Waals surface area (Å²) < 4.78 is 6.40. The largest absolute Gasteiger partial charge is 0.299 e. The van der Waals surface area contributed by atoms with Gasteiger partial charge in [0.2, 0.25) is 0 Å². The van der Waals surface area contributed by atoms with E-state index in [1.54, 1.807) is 12.2 Å². The van der Waals surface area contributed by atoms with E-state index in [0.29, 0.717) is 0 Å². The molecular weight excluding hydrogens is 88.1 g/mol. The summed E-state index contributed by atoms with van der Waals surface area (Å²) in [6.07, 6.45) is 5.56. The molecule has 0 aliphatic rings. The first-order chi connectivity index (χ1) is 3.77. The Morgan fingerprint density at radius 3 is 2.57 bits per heavy atom. The number of aldehydes is 1. The lowest BCUT2D eigenvalue weighted by atomic mass is 10.5. The highest BCUT2D eigenvalue weighted by atomic mass is 16.1. The van der Waals surface area contributed by atoms with E-state index in [4.69, 9.17) is 1.37 Å². The fourth-order valence-corrected chi connectivity index (χ4v) is 0.206. The predicted octanol–water partition coefficient (Wildman–Crippen LogP) is 1.32. The predicted molar refractivity (Wildman–Crippen MR) is 30.0 cm³/mol. The fraction of sp³-hybridized carbons (Fsp3) is 0.167. The summed E-state index contributed by atoms with van der Waals surface area (Å²) in [6, 6.07) is 0. The molecule has 0 N–H and O–H groups in total. The smallest absolute Gasteiger partial charge is 0.142 e. The fourth-order valence-electron chi connectivity index (χ4n) is 0.206. The average Bonchev–Trinajstić information content (AvgIpc) is 1.66. The van der Waals surface area contributed by atoms with Crippen molar-refractivity contribution >= 4 is 6.26 Å². The van der Waals surface area contributed by atoms with Crippen molar-refractivity contribution in [3.8, 4) is 0 Å². The number of carbonyl (C=O) groups is 1. The van der Waals surface area contributed by atoms with Crippen LogP contribution in [0.4, 0.5) is 0 Å². The van der Waals surface area contributed by atoms with Crippen molar-refractivity contribution in [3.05, 3.63) is 24.3 Å². The van der Waals surface area contributed by atoms with Gasteiger partial charge in [0.15, 0.2) is 0 Å². The Labute approximate surface area is 44.8 Å². The molecule has 0 fully saturated rings. The van der Waals surface area contributed by atoms with Crippen molar-refractivity contribution in [3.63, 3.8) is 0 Å². The van der Waals surface area contributed by atoms with Crippen LogP contribution in [-0.2, 0) is 4.79 Å². The van der Waals surface area contributed by atoms with Gasteiger partial charge in [-0.25, -0.2) is 0 Å². The van der Waals surface area contributed by atoms with Crippen LogP contribution in [0.15, 0.2) is 24.3 Å². The molecule has 0 unspecified atom stereocenters. The van der Waals surface area contributed by atoms with E-state index in [1.807, 2.05) is 6.92 Å². The van der Waals surface area contributed by atoms with E-state index in [2.05, 4.69) is 0 Å². The van der Waals surface area contributed by atoms with Crippen LogP contribution >= 0.6 is 0 Å². The second-order valence-electron chi connectivity index (χ2n) is 1.00. The highest BCUT2D eigenvalue weighted by Gasteiger charge is 1.55. The summed E-state index contributed by atoms with van der Waals surface area (Å²) in [7, 11) is 0. The number of carbonyl (C=O) groups excluding carboxylic acids is 1. The lowest BCUT2D eigenvalue weighted by molar-refractivity contribution is -0.104. The highest BCUT2D eigenvalue weighted by Crippen LogP contribution is 1.70. The second kappa shape index (κ2) is 5.15. The van der Waals surface area contributed by atoms with Gasteiger partial charge in [0, 0.05) is 0 Å². The number of allylic oxidation sites excluding steroid dienone is 4. The molecule has 7 heavy (non-hydrogen) atoms. The molecule has 1 heteroatoms. The number of hydrogen-bond donors (Lipinski definition) is 0. The lowest BCUT2D eigenvalue weighted by Crippen LogP contribution is -1.53. The SMILES string of the molecule is [3H]C(=O)C=CC=CC. The molecule has 0 rings (SSSR count). The summed E-state index contributed by atoms with van der Waals surface area (Å²) >= 11 is 0. The Morgan fingerprint density at radius 1 is 1.43 bits per heavy atom. The zero-order valence-corrected chi connectivity index (χ0v) is 4.22. The molecule has 0 aromatic rings. The average molecular weight is 98.1 g/mol. The maximum Gasteiger partial charge on any atom is 0.142 e. The molecule has 38 valence electrons. The molecule has 0 atom stereocenters. The minimum absolute atomic E-state index is 0.664. The summed E-state index contributed by atoms with van der Waals surface area (Å²) in [6.45, 7) is 1.85. The number of rotatable bonds is 2. The van der Waals surface area contributed by atoms with Crippen LogP contribution in [0, 0.1) is 0 Å². The quantitative estimate of drug-likeness (QED) is 0.289. The molecule has 0 amide bonds. The number of hydrogen-bond acceptors (Lipinski definition) is 1. The lowest BCUT2D eigenvalue weighted by Gasteiger charge is -1.62. The molecular formula is C6H8O. The van der Waals surface area contributed by atoms with Crippen molar-refractivity contribution in [2.75, 3.05) is 0 Å². The topological polar surface area (TPSA) is 17.1 Å². The standard InChI is InChI=1S/C6H8O/c1-2-3-4-5-6-7/h2-6H,1H3/i6T. The Bertz CT molecular complexity index is 124. The van der Waals surface area contributed by atoms with Crippen molar-refractivity contribution < 1.29 is 6.17 Å². The van der Waals surface area contributed by atoms with E-state index >= 15 is 0 Å². The van der Waals surface area contributed by atoms with Crippen molar-refractivity contribution in [1.82, 2.24) is 0 Å². The minimum Gasteiger partial charge on any atom is -0.299 e. The van der Waals surface area contributed by atoms with Gasteiger partial charge >= 0.3 is 0 Å². The minimum atomic E-state index is -0.664. The molecule has 0 spiro atoms. The molecule has 0 heterocycles. The van der Waals surface area contributed by atoms with E-state index < -0.39 is 6.26 Å². The Kier molecular flexibility index (Phi) is 3.17. The maximum atomic E-state index is 9.86. The molecule has 0 radical (unpaired) electrons. The molecule has 0 saturated carbocycles. The van der Waals surface area contributed by atoms with Crippen LogP contribution in [0.3, 0.4) is 0 Å². The Balaban J connectivity index is 3.50. The first kappa shape index (κ1) is 4.31. The van der Waals surface area contributed by atoms with Gasteiger partial charge in [-0.2, -0.15) is 0 Å². The molecule has 0 saturated heterocycles. The Morgan fingerprint density at radius 2 is 2.14 bits per heavy atom. The Hall–Kier alpha value is -0.850. The molecule has 0 aliphatic heterocycles. The first-order valence-electron chi connectivity index (χ1n) is 2.57. The van der Waals surface area contributed by atoms with Gasteiger partial charge < -0.3 is 0 Å². The van der Waals surface area contributed by atoms with Gasteiger partial charge in [0.1, 0.15) is 7.63 Å². The second-order valence-corrected chi connectivity index (χ2v) is 1.00. The third-order valence-electron chi connectivity index (χ3n) is 0.468. The summed E-state index contributed by atoms with van der Waals surface area (Å²) in [5.74, 6) is 0. The third kappa shape index (κ3) is 5.15. The van der Waals surface area contributed by atoms with E-state index in [9.17, 15) is 4.79 Å². The van der Waals surface area contributed by atoms with Crippen LogP contribution in [0.5, 0.6) is 0 Å². The summed E-state index contributed by atoms with van der Waals surface area (Å²) in [5.41, 5.74) is 0. The summed E-state index contributed by atoms with van der Waals surface area (Å²) in [4.78, 5) is 9.86. The zero-order valence-electron chi connectivity index (χ0n) is 5.22. The van der Waals surface area contributed by atoms with E-state index in [0.717, 1.165) is 0 Å². The van der Waals surface area contributed by atoms with E-state index in [-0.39, 0.29) is 0 Å². The van der Waals surface area contributed by atoms with Crippen LogP contribution in [0.1, 0.15) is 8.29 Å². The van der Waals surface area contributed by atoms with Crippen molar-refractivity contribution in [1.29, 1.82) is 0 Å². The third-order valence-corrected chi connectivity index (χ3v) is 0.468. The molecule has 0 aliphatic carbocycles.